The van der Waals surface area contributed by atoms with Crippen LogP contribution in [0.1, 0.15) is 42.4 Å². The minimum atomic E-state index is -1.02. The fourth-order valence-corrected chi connectivity index (χ4v) is 2.34. The van der Waals surface area contributed by atoms with Gasteiger partial charge >= 0.3 is 5.97 Å². The first-order valence-electron chi connectivity index (χ1n) is 8.32. The summed E-state index contributed by atoms with van der Waals surface area (Å²) in [5.41, 5.74) is 2.38. The fourth-order valence-electron chi connectivity index (χ4n) is 2.34. The lowest BCUT2D eigenvalue weighted by Crippen LogP contribution is -2.27. The molecule has 138 valence electrons. The maximum Gasteiger partial charge on any atom is 0.341 e. The van der Waals surface area contributed by atoms with Gasteiger partial charge in [0.05, 0.1) is 0 Å². The summed E-state index contributed by atoms with van der Waals surface area (Å²) in [6.45, 7) is 6.33. The molecule has 1 aromatic heterocycles. The topological polar surface area (TPSA) is 79.7 Å². The molecule has 0 aliphatic carbocycles. The molecule has 1 N–H and O–H groups in total. The molecule has 1 heterocycles. The molecular weight excluding hydrogens is 332 g/mol. The Labute approximate surface area is 153 Å². The van der Waals surface area contributed by atoms with Crippen molar-refractivity contribution in [1.29, 1.82) is 0 Å². The summed E-state index contributed by atoms with van der Waals surface area (Å²) in [5, 5.41) is 8.60. The predicted octanol–water partition coefficient (Wildman–Crippen LogP) is 3.11. The van der Waals surface area contributed by atoms with Crippen LogP contribution in [0.2, 0.25) is 0 Å². The summed E-state index contributed by atoms with van der Waals surface area (Å²) in [6, 6.07) is 10.7. The zero-order valence-corrected chi connectivity index (χ0v) is 15.5. The highest BCUT2D eigenvalue weighted by Crippen LogP contribution is 2.21. The van der Waals surface area contributed by atoms with Gasteiger partial charge in [-0.25, -0.2) is 4.79 Å². The van der Waals surface area contributed by atoms with Gasteiger partial charge in [0, 0.05) is 19.8 Å². The molecular formula is C20H24N2O4. The molecule has 0 fully saturated rings. The average molecular weight is 356 g/mol. The summed E-state index contributed by atoms with van der Waals surface area (Å²) in [5.74, 6) is -0.703. The van der Waals surface area contributed by atoms with Gasteiger partial charge < -0.3 is 14.7 Å². The number of pyridine rings is 1. The van der Waals surface area contributed by atoms with E-state index < -0.39 is 5.97 Å². The second-order valence-corrected chi connectivity index (χ2v) is 7.17. The summed E-state index contributed by atoms with van der Waals surface area (Å²) >= 11 is 0. The number of aliphatic carboxylic acids is 1. The molecule has 0 aliphatic heterocycles. The minimum absolute atomic E-state index is 0.00899. The normalized spacial score (nSPS) is 11.1. The van der Waals surface area contributed by atoms with E-state index in [2.05, 4.69) is 25.8 Å². The van der Waals surface area contributed by atoms with Crippen LogP contribution in [0.4, 0.5) is 0 Å². The molecule has 0 radical (unpaired) electrons. The third kappa shape index (κ3) is 5.31. The fraction of sp³-hybridized carbons (Fsp3) is 0.350. The van der Waals surface area contributed by atoms with E-state index in [-0.39, 0.29) is 17.9 Å². The van der Waals surface area contributed by atoms with Gasteiger partial charge in [-0.05, 0) is 34.7 Å². The molecule has 1 amide bonds. The molecule has 0 bridgehead atoms. The van der Waals surface area contributed by atoms with Crippen LogP contribution in [-0.4, -0.2) is 40.5 Å². The lowest BCUT2D eigenvalue weighted by molar-refractivity contribution is -0.139. The first-order valence-corrected chi connectivity index (χ1v) is 8.32. The number of ether oxygens (including phenoxy) is 1. The van der Waals surface area contributed by atoms with E-state index in [4.69, 9.17) is 9.84 Å². The van der Waals surface area contributed by atoms with Crippen molar-refractivity contribution in [2.75, 3.05) is 13.7 Å². The zero-order chi connectivity index (χ0) is 19.3. The Morgan fingerprint density at radius 3 is 2.27 bits per heavy atom. The monoisotopic (exact) mass is 356 g/mol. The number of nitrogens with zero attached hydrogens (tertiary/aromatic N) is 2. The number of amides is 1. The Morgan fingerprint density at radius 1 is 1.12 bits per heavy atom. The first-order chi connectivity index (χ1) is 12.2. The molecule has 0 atom stereocenters. The number of aromatic nitrogens is 1. The lowest BCUT2D eigenvalue weighted by atomic mass is 9.88. The van der Waals surface area contributed by atoms with Crippen molar-refractivity contribution in [3.63, 3.8) is 0 Å². The van der Waals surface area contributed by atoms with E-state index in [1.165, 1.54) is 0 Å². The zero-order valence-electron chi connectivity index (χ0n) is 15.5. The van der Waals surface area contributed by atoms with Gasteiger partial charge in [-0.3, -0.25) is 9.78 Å². The lowest BCUT2D eigenvalue weighted by Gasteiger charge is -2.20. The predicted molar refractivity (Wildman–Crippen MR) is 98.3 cm³/mol. The number of hydrogen-bond acceptors (Lipinski definition) is 4. The third-order valence-corrected chi connectivity index (χ3v) is 3.90. The Balaban J connectivity index is 1.99. The molecule has 1 aromatic carbocycles. The van der Waals surface area contributed by atoms with Crippen molar-refractivity contribution in [1.82, 2.24) is 9.88 Å². The van der Waals surface area contributed by atoms with E-state index >= 15 is 0 Å². The van der Waals surface area contributed by atoms with Crippen molar-refractivity contribution in [2.24, 2.45) is 0 Å². The van der Waals surface area contributed by atoms with E-state index in [9.17, 15) is 9.59 Å². The Bertz CT molecular complexity index is 762. The molecule has 6 nitrogen and oxygen atoms in total. The standard InChI is InChI=1S/C20H24N2O4/c1-20(2,3)15-7-10-17(21-11-15)19(25)22(4)12-14-5-8-16(9-6-14)26-13-18(23)24/h5-11H,12-13H2,1-4H3,(H,23,24). The van der Waals surface area contributed by atoms with Gasteiger partial charge in [0.25, 0.3) is 5.91 Å². The number of carboxylic acid groups (broad SMARTS) is 1. The quantitative estimate of drug-likeness (QED) is 0.860. The van der Waals surface area contributed by atoms with Crippen LogP contribution in [-0.2, 0) is 16.8 Å². The average Bonchev–Trinajstić information content (AvgIpc) is 2.59. The van der Waals surface area contributed by atoms with E-state index in [1.807, 2.05) is 6.07 Å². The molecule has 0 aliphatic rings. The van der Waals surface area contributed by atoms with Gasteiger partial charge in [0.15, 0.2) is 6.61 Å². The number of benzene rings is 1. The third-order valence-electron chi connectivity index (χ3n) is 3.90. The van der Waals surface area contributed by atoms with Crippen molar-refractivity contribution in [3.05, 3.63) is 59.4 Å². The number of carbonyl (C=O) groups excluding carboxylic acids is 1. The number of carbonyl (C=O) groups is 2. The highest BCUT2D eigenvalue weighted by molar-refractivity contribution is 5.92. The van der Waals surface area contributed by atoms with Crippen molar-refractivity contribution < 1.29 is 19.4 Å². The molecule has 0 saturated heterocycles. The second-order valence-electron chi connectivity index (χ2n) is 7.17. The van der Waals surface area contributed by atoms with Gasteiger partial charge in [-0.1, -0.05) is 39.0 Å². The number of rotatable bonds is 6. The number of carboxylic acids is 1. The molecule has 0 unspecified atom stereocenters. The van der Waals surface area contributed by atoms with Gasteiger partial charge in [-0.2, -0.15) is 0 Å². The summed E-state index contributed by atoms with van der Waals surface area (Å²) in [6.07, 6.45) is 1.75. The summed E-state index contributed by atoms with van der Waals surface area (Å²) < 4.78 is 5.09. The van der Waals surface area contributed by atoms with Gasteiger partial charge in [-0.15, -0.1) is 0 Å². The van der Waals surface area contributed by atoms with Crippen LogP contribution in [0.5, 0.6) is 5.75 Å². The number of hydrogen-bond donors (Lipinski definition) is 1. The van der Waals surface area contributed by atoms with Crippen LogP contribution >= 0.6 is 0 Å². The van der Waals surface area contributed by atoms with Crippen LogP contribution in [0.25, 0.3) is 0 Å². The van der Waals surface area contributed by atoms with Crippen LogP contribution in [0.15, 0.2) is 42.6 Å². The maximum atomic E-state index is 12.5. The maximum absolute atomic E-state index is 12.5. The molecule has 0 spiro atoms. The Kier molecular flexibility index (Phi) is 5.97. The Hall–Kier alpha value is -2.89. The highest BCUT2D eigenvalue weighted by Gasteiger charge is 2.17. The van der Waals surface area contributed by atoms with Crippen LogP contribution in [0, 0.1) is 0 Å². The van der Waals surface area contributed by atoms with E-state index in [0.717, 1.165) is 11.1 Å². The molecule has 0 saturated carbocycles. The minimum Gasteiger partial charge on any atom is -0.482 e. The van der Waals surface area contributed by atoms with Crippen molar-refractivity contribution >= 4 is 11.9 Å². The molecule has 26 heavy (non-hydrogen) atoms. The summed E-state index contributed by atoms with van der Waals surface area (Å²) in [7, 11) is 1.72. The Morgan fingerprint density at radius 2 is 1.77 bits per heavy atom. The summed E-state index contributed by atoms with van der Waals surface area (Å²) in [4.78, 5) is 28.9. The van der Waals surface area contributed by atoms with E-state index in [1.54, 1.807) is 48.5 Å². The molecule has 2 aromatic rings. The van der Waals surface area contributed by atoms with Crippen molar-refractivity contribution in [3.8, 4) is 5.75 Å². The highest BCUT2D eigenvalue weighted by atomic mass is 16.5. The van der Waals surface area contributed by atoms with Gasteiger partial charge in [0.1, 0.15) is 11.4 Å². The first kappa shape index (κ1) is 19.4. The SMILES string of the molecule is CN(Cc1ccc(OCC(=O)O)cc1)C(=O)c1ccc(C(C)(C)C)cn1. The molecule has 6 heteroatoms. The smallest absolute Gasteiger partial charge is 0.341 e. The second kappa shape index (κ2) is 7.99. The van der Waals surface area contributed by atoms with Crippen molar-refractivity contribution in [2.45, 2.75) is 32.7 Å². The van der Waals surface area contributed by atoms with E-state index in [0.29, 0.717) is 18.0 Å². The van der Waals surface area contributed by atoms with Crippen LogP contribution in [0.3, 0.4) is 0 Å². The van der Waals surface area contributed by atoms with Gasteiger partial charge in [0.2, 0.25) is 0 Å². The molecule has 2 rings (SSSR count). The van der Waals surface area contributed by atoms with Crippen LogP contribution < -0.4 is 4.74 Å². The largest absolute Gasteiger partial charge is 0.482 e.